The second-order valence-electron chi connectivity index (χ2n) is 11.8. The molecule has 0 saturated heterocycles. The number of methoxy groups -OCH3 is 1. The molecule has 53 heavy (non-hydrogen) atoms. The molecule has 266 valence electrons. The highest BCUT2D eigenvalue weighted by Crippen LogP contribution is 2.36. The Balaban J connectivity index is 1.31. The molecule has 6 aromatic rings. The van der Waals surface area contributed by atoms with Crippen molar-refractivity contribution in [2.45, 2.75) is 46.6 Å². The summed E-state index contributed by atoms with van der Waals surface area (Å²) in [5.41, 5.74) is 5.76. The van der Waals surface area contributed by atoms with E-state index < -0.39 is 0 Å². The van der Waals surface area contributed by atoms with Crippen molar-refractivity contribution in [1.82, 2.24) is 54.8 Å². The molecule has 0 radical (unpaired) electrons. The maximum atomic E-state index is 6.95. The lowest BCUT2D eigenvalue weighted by Gasteiger charge is -2.34. The summed E-state index contributed by atoms with van der Waals surface area (Å²) in [5, 5.41) is 0.401. The van der Waals surface area contributed by atoms with Gasteiger partial charge >= 0.3 is 0 Å². The maximum Gasteiger partial charge on any atom is 0.235 e. The first-order valence-corrected chi connectivity index (χ1v) is 18.0. The second kappa shape index (κ2) is 15.3. The first-order chi connectivity index (χ1) is 25.7. The third kappa shape index (κ3) is 7.06. The van der Waals surface area contributed by atoms with Crippen LogP contribution in [-0.2, 0) is 12.8 Å². The van der Waals surface area contributed by atoms with Crippen LogP contribution in [0.1, 0.15) is 49.0 Å². The van der Waals surface area contributed by atoms with E-state index in [1.807, 2.05) is 50.1 Å². The predicted molar refractivity (Wildman–Crippen MR) is 205 cm³/mol. The van der Waals surface area contributed by atoms with E-state index in [2.05, 4.69) is 57.7 Å². The summed E-state index contributed by atoms with van der Waals surface area (Å²) < 4.78 is 6.34. The molecule has 1 aliphatic rings. The van der Waals surface area contributed by atoms with Gasteiger partial charge in [-0.2, -0.15) is 4.98 Å². The fourth-order valence-corrected chi connectivity index (χ4v) is 6.70. The van der Waals surface area contributed by atoms with Gasteiger partial charge in [-0.1, -0.05) is 36.2 Å². The summed E-state index contributed by atoms with van der Waals surface area (Å²) in [6.45, 7) is 7.77. The van der Waals surface area contributed by atoms with Gasteiger partial charge in [-0.25, -0.2) is 49.8 Å². The van der Waals surface area contributed by atoms with Gasteiger partial charge in [0, 0.05) is 36.5 Å². The average Bonchev–Trinajstić information content (AvgIpc) is 3.18. The van der Waals surface area contributed by atoms with E-state index in [1.54, 1.807) is 38.0 Å². The maximum absolute atomic E-state index is 6.95. The zero-order valence-corrected chi connectivity index (χ0v) is 32.2. The minimum Gasteiger partial charge on any atom is -0.481 e. The molecule has 6 aromatic heterocycles. The van der Waals surface area contributed by atoms with Gasteiger partial charge in [0.2, 0.25) is 11.8 Å². The number of amidine groups is 1. The standard InChI is InChI=1S/C36H30BrCl2N13O/c1-6-21-15-43-32(47-24(21)14-25-41-12-9-13-42-25)27-19(3)35(53-5)51-36(48-27)52-20(4)18(2)30(38)50-34(52)22-16-44-33(49-31(22)39)29-26(37)28(45-17-46-29)23-10-7-8-11-40-23/h7-13,15-17,20H,6,14H2,1-5H3. The van der Waals surface area contributed by atoms with Crippen molar-refractivity contribution < 1.29 is 4.74 Å². The van der Waals surface area contributed by atoms with Crippen molar-refractivity contribution in [3.8, 4) is 40.3 Å². The van der Waals surface area contributed by atoms with E-state index >= 15 is 0 Å². The van der Waals surface area contributed by atoms with Crippen molar-refractivity contribution in [2.24, 2.45) is 4.99 Å². The lowest BCUT2D eigenvalue weighted by molar-refractivity contribution is 0.394. The number of pyridine rings is 1. The molecule has 7 heterocycles. The summed E-state index contributed by atoms with van der Waals surface area (Å²) in [6.07, 6.45) is 11.1. The summed E-state index contributed by atoms with van der Waals surface area (Å²) in [4.78, 5) is 57.4. The van der Waals surface area contributed by atoms with Crippen LogP contribution in [0.25, 0.3) is 34.4 Å². The van der Waals surface area contributed by atoms with E-state index in [1.165, 1.54) is 6.33 Å². The Morgan fingerprint density at radius 3 is 2.28 bits per heavy atom. The van der Waals surface area contributed by atoms with Crippen molar-refractivity contribution in [2.75, 3.05) is 12.0 Å². The molecule has 14 nitrogen and oxygen atoms in total. The van der Waals surface area contributed by atoms with Crippen molar-refractivity contribution in [3.63, 3.8) is 0 Å². The van der Waals surface area contributed by atoms with Crippen LogP contribution in [0.3, 0.4) is 0 Å². The number of halogens is 3. The van der Waals surface area contributed by atoms with Gasteiger partial charge in [-0.3, -0.25) is 9.88 Å². The number of aliphatic imine (C=N–C) groups is 1. The molecular formula is C36H30BrCl2N13O. The third-order valence-electron chi connectivity index (χ3n) is 8.65. The van der Waals surface area contributed by atoms with Gasteiger partial charge in [-0.05, 0) is 72.5 Å². The first kappa shape index (κ1) is 36.0. The normalized spacial score (nSPS) is 14.4. The van der Waals surface area contributed by atoms with E-state index in [9.17, 15) is 0 Å². The van der Waals surface area contributed by atoms with Crippen LogP contribution < -0.4 is 9.64 Å². The Kier molecular flexibility index (Phi) is 10.4. The van der Waals surface area contributed by atoms with Crippen LogP contribution in [0.5, 0.6) is 5.88 Å². The molecule has 0 saturated carbocycles. The number of rotatable bonds is 9. The molecule has 0 aromatic carbocycles. The predicted octanol–water partition coefficient (Wildman–Crippen LogP) is 7.04. The van der Waals surface area contributed by atoms with Gasteiger partial charge in [0.25, 0.3) is 0 Å². The lowest BCUT2D eigenvalue weighted by atomic mass is 10.1. The topological polar surface area (TPSA) is 167 Å². The quantitative estimate of drug-likeness (QED) is 0.108. The summed E-state index contributed by atoms with van der Waals surface area (Å²) in [5.74, 6) is 2.23. The van der Waals surface area contributed by atoms with Crippen LogP contribution in [0.15, 0.2) is 81.8 Å². The van der Waals surface area contributed by atoms with Crippen molar-refractivity contribution >= 4 is 50.9 Å². The van der Waals surface area contributed by atoms with Crippen LogP contribution in [0.4, 0.5) is 5.95 Å². The zero-order chi connectivity index (χ0) is 37.2. The van der Waals surface area contributed by atoms with E-state index in [0.717, 1.165) is 23.3 Å². The third-order valence-corrected chi connectivity index (χ3v) is 10.1. The molecule has 1 aliphatic heterocycles. The van der Waals surface area contributed by atoms with Gasteiger partial charge in [0.05, 0.1) is 41.0 Å². The molecule has 0 amide bonds. The highest BCUT2D eigenvalue weighted by Gasteiger charge is 2.34. The molecule has 1 atom stereocenters. The molecule has 0 spiro atoms. The van der Waals surface area contributed by atoms with Gasteiger partial charge in [0.15, 0.2) is 11.6 Å². The number of hydrogen-bond donors (Lipinski definition) is 0. The Labute approximate surface area is 323 Å². The summed E-state index contributed by atoms with van der Waals surface area (Å²) in [6, 6.07) is 6.97. The SMILES string of the molecule is CCc1cnc(-c2nc(N3C(c4cnc(-c5ncnc(-c6ccccn6)c5Br)nc4Cl)=NC(Cl)=C(C)C3C)nc(OC)c2C)nc1Cc1ncccn1. The average molecular weight is 812 g/mol. The van der Waals surface area contributed by atoms with E-state index in [0.29, 0.717) is 73.3 Å². The number of anilines is 1. The Bertz CT molecular complexity index is 2400. The Hall–Kier alpha value is -5.38. The summed E-state index contributed by atoms with van der Waals surface area (Å²) >= 11 is 17.3. The highest BCUT2D eigenvalue weighted by molar-refractivity contribution is 9.10. The highest BCUT2D eigenvalue weighted by atomic mass is 79.9. The molecule has 17 heteroatoms. The monoisotopic (exact) mass is 809 g/mol. The molecule has 0 bridgehead atoms. The largest absolute Gasteiger partial charge is 0.481 e. The molecular weight excluding hydrogens is 781 g/mol. The van der Waals surface area contributed by atoms with Crippen LogP contribution in [0, 0.1) is 6.92 Å². The van der Waals surface area contributed by atoms with E-state index in [-0.39, 0.29) is 23.0 Å². The smallest absolute Gasteiger partial charge is 0.235 e. The van der Waals surface area contributed by atoms with Crippen LogP contribution in [0.2, 0.25) is 5.15 Å². The molecule has 1 unspecified atom stereocenters. The van der Waals surface area contributed by atoms with Crippen LogP contribution >= 0.6 is 39.1 Å². The number of hydrogen-bond acceptors (Lipinski definition) is 14. The van der Waals surface area contributed by atoms with E-state index in [4.69, 9.17) is 52.9 Å². The van der Waals surface area contributed by atoms with Gasteiger partial charge < -0.3 is 4.74 Å². The fourth-order valence-electron chi connectivity index (χ4n) is 5.66. The first-order valence-electron chi connectivity index (χ1n) is 16.4. The minimum atomic E-state index is -0.364. The molecule has 0 N–H and O–H groups in total. The second-order valence-corrected chi connectivity index (χ2v) is 13.3. The zero-order valence-electron chi connectivity index (χ0n) is 29.1. The van der Waals surface area contributed by atoms with Gasteiger partial charge in [-0.15, -0.1) is 0 Å². The van der Waals surface area contributed by atoms with Gasteiger partial charge in [0.1, 0.15) is 45.4 Å². The molecule has 0 fully saturated rings. The number of aromatic nitrogens is 11. The molecule has 0 aliphatic carbocycles. The number of nitrogens with zero attached hydrogens (tertiary/aromatic N) is 13. The van der Waals surface area contributed by atoms with Crippen molar-refractivity contribution in [3.05, 3.63) is 110 Å². The summed E-state index contributed by atoms with van der Waals surface area (Å²) in [7, 11) is 1.55. The van der Waals surface area contributed by atoms with Crippen LogP contribution in [-0.4, -0.2) is 73.8 Å². The Morgan fingerprint density at radius 2 is 1.57 bits per heavy atom. The Morgan fingerprint density at radius 1 is 0.830 bits per heavy atom. The van der Waals surface area contributed by atoms with Crippen molar-refractivity contribution in [1.29, 1.82) is 0 Å². The fraction of sp³-hybridized carbons (Fsp3) is 0.222. The lowest BCUT2D eigenvalue weighted by Crippen LogP contribution is -2.44. The number of ether oxygens (including phenoxy) is 1. The minimum absolute atomic E-state index is 0.102. The number of aryl methyl sites for hydroxylation is 1. The molecule has 7 rings (SSSR count).